The van der Waals surface area contributed by atoms with Crippen LogP contribution in [0.4, 0.5) is 5.69 Å². The molecule has 0 spiro atoms. The Kier molecular flexibility index (Phi) is 6.66. The number of hydrogen-bond acceptors (Lipinski definition) is 4. The third-order valence-electron chi connectivity index (χ3n) is 4.37. The summed E-state index contributed by atoms with van der Waals surface area (Å²) < 4.78 is 0. The highest BCUT2D eigenvalue weighted by Gasteiger charge is 2.13. The van der Waals surface area contributed by atoms with Gasteiger partial charge in [-0.25, -0.2) is 4.98 Å². The van der Waals surface area contributed by atoms with Crippen molar-refractivity contribution in [1.82, 2.24) is 9.88 Å². The number of rotatable bonds is 7. The summed E-state index contributed by atoms with van der Waals surface area (Å²) in [6.07, 6.45) is 0. The molecule has 0 aliphatic heterocycles. The average molecular weight is 394 g/mol. The van der Waals surface area contributed by atoms with Crippen LogP contribution < -0.4 is 5.32 Å². The van der Waals surface area contributed by atoms with E-state index in [0.29, 0.717) is 24.3 Å². The quantitative estimate of drug-likeness (QED) is 0.603. The van der Waals surface area contributed by atoms with Crippen LogP contribution in [-0.4, -0.2) is 40.5 Å². The summed E-state index contributed by atoms with van der Waals surface area (Å²) in [6.45, 7) is 5.21. The number of pyridine rings is 1. The third kappa shape index (κ3) is 4.89. The van der Waals surface area contributed by atoms with Crippen LogP contribution in [0.5, 0.6) is 0 Å². The van der Waals surface area contributed by atoms with Crippen LogP contribution in [0.25, 0.3) is 10.9 Å². The first-order valence-electron chi connectivity index (χ1n) is 9.28. The second-order valence-corrected chi connectivity index (χ2v) is 7.23. The minimum absolute atomic E-state index is 0.0316. The van der Waals surface area contributed by atoms with Crippen LogP contribution in [0.1, 0.15) is 24.2 Å². The molecule has 6 heteroatoms. The number of thioether (sulfide) groups is 1. The number of carbonyl (C=O) groups is 2. The molecule has 5 nitrogen and oxygen atoms in total. The molecule has 144 valence electrons. The van der Waals surface area contributed by atoms with Crippen LogP contribution in [0.15, 0.2) is 65.7 Å². The van der Waals surface area contributed by atoms with E-state index in [0.717, 1.165) is 15.9 Å². The van der Waals surface area contributed by atoms with E-state index in [9.17, 15) is 9.59 Å². The Morgan fingerprint density at radius 2 is 1.79 bits per heavy atom. The number of amides is 2. The van der Waals surface area contributed by atoms with Crippen molar-refractivity contribution in [2.75, 3.05) is 24.2 Å². The van der Waals surface area contributed by atoms with Gasteiger partial charge in [0.1, 0.15) is 0 Å². The van der Waals surface area contributed by atoms with Gasteiger partial charge in [0.2, 0.25) is 5.91 Å². The van der Waals surface area contributed by atoms with E-state index in [1.165, 1.54) is 11.8 Å². The summed E-state index contributed by atoms with van der Waals surface area (Å²) in [5, 5.41) is 4.74. The minimum Gasteiger partial charge on any atom is -0.339 e. The molecule has 1 aromatic heterocycles. The third-order valence-corrected chi connectivity index (χ3v) is 5.30. The second kappa shape index (κ2) is 9.37. The molecule has 0 unspecified atom stereocenters. The molecule has 0 fully saturated rings. The summed E-state index contributed by atoms with van der Waals surface area (Å²) in [5.74, 6) is 0.0859. The predicted octanol–water partition coefficient (Wildman–Crippen LogP) is 4.45. The molecule has 1 heterocycles. The Balaban J connectivity index is 1.61. The van der Waals surface area contributed by atoms with E-state index < -0.39 is 0 Å². The molecule has 0 aliphatic rings. The van der Waals surface area contributed by atoms with Crippen LogP contribution in [0.2, 0.25) is 0 Å². The zero-order valence-corrected chi connectivity index (χ0v) is 16.8. The van der Waals surface area contributed by atoms with E-state index in [4.69, 9.17) is 0 Å². The standard InChI is InChI=1S/C22H23N3O2S/c1-3-25(4-2)22(27)17-9-7-10-18(14-17)23-20(26)15-28-21-13-12-16-8-5-6-11-19(16)24-21/h5-14H,3-4,15H2,1-2H3,(H,23,26). The van der Waals surface area contributed by atoms with Gasteiger partial charge in [-0.2, -0.15) is 0 Å². The van der Waals surface area contributed by atoms with Crippen molar-refractivity contribution in [3.63, 3.8) is 0 Å². The number of aromatic nitrogens is 1. The smallest absolute Gasteiger partial charge is 0.253 e. The molecule has 1 N–H and O–H groups in total. The lowest BCUT2D eigenvalue weighted by Crippen LogP contribution is -2.30. The maximum atomic E-state index is 12.5. The maximum absolute atomic E-state index is 12.5. The summed E-state index contributed by atoms with van der Waals surface area (Å²) in [7, 11) is 0. The Bertz CT molecular complexity index is 986. The fraction of sp³-hybridized carbons (Fsp3) is 0.227. The molecule has 2 aromatic carbocycles. The van der Waals surface area contributed by atoms with Gasteiger partial charge < -0.3 is 10.2 Å². The van der Waals surface area contributed by atoms with Gasteiger partial charge in [0.25, 0.3) is 5.91 Å². The van der Waals surface area contributed by atoms with Gasteiger partial charge in [-0.15, -0.1) is 0 Å². The van der Waals surface area contributed by atoms with Crippen LogP contribution in [0.3, 0.4) is 0 Å². The summed E-state index contributed by atoms with van der Waals surface area (Å²) in [5.41, 5.74) is 2.11. The molecule has 0 saturated heterocycles. The van der Waals surface area contributed by atoms with Crippen LogP contribution in [0, 0.1) is 0 Å². The molecule has 0 atom stereocenters. The van der Waals surface area contributed by atoms with Gasteiger partial charge in [-0.3, -0.25) is 9.59 Å². The first kappa shape index (κ1) is 19.9. The number of carbonyl (C=O) groups excluding carboxylic acids is 2. The fourth-order valence-corrected chi connectivity index (χ4v) is 3.57. The van der Waals surface area contributed by atoms with Crippen LogP contribution >= 0.6 is 11.8 Å². The van der Waals surface area contributed by atoms with Gasteiger partial charge in [0, 0.05) is 29.7 Å². The van der Waals surface area contributed by atoms with Gasteiger partial charge in [-0.05, 0) is 44.2 Å². The molecule has 0 bridgehead atoms. The second-order valence-electron chi connectivity index (χ2n) is 6.24. The van der Waals surface area contributed by atoms with Gasteiger partial charge in [0.05, 0.1) is 16.3 Å². The minimum atomic E-state index is -0.132. The number of fused-ring (bicyclic) bond motifs is 1. The van der Waals surface area contributed by atoms with E-state index in [1.807, 2.05) is 50.2 Å². The Labute approximate surface area is 169 Å². The van der Waals surface area contributed by atoms with E-state index >= 15 is 0 Å². The molecule has 2 amide bonds. The first-order valence-corrected chi connectivity index (χ1v) is 10.3. The monoisotopic (exact) mass is 393 g/mol. The summed E-state index contributed by atoms with van der Waals surface area (Å²) in [6, 6.07) is 18.9. The maximum Gasteiger partial charge on any atom is 0.253 e. The van der Waals surface area contributed by atoms with E-state index in [2.05, 4.69) is 10.3 Å². The van der Waals surface area contributed by atoms with Crippen molar-refractivity contribution in [1.29, 1.82) is 0 Å². The number of anilines is 1. The zero-order valence-electron chi connectivity index (χ0n) is 16.0. The largest absolute Gasteiger partial charge is 0.339 e. The highest BCUT2D eigenvalue weighted by molar-refractivity contribution is 7.99. The molecule has 0 aliphatic carbocycles. The predicted molar refractivity (Wildman–Crippen MR) is 115 cm³/mol. The van der Waals surface area contributed by atoms with Crippen molar-refractivity contribution in [2.45, 2.75) is 18.9 Å². The van der Waals surface area contributed by atoms with Crippen molar-refractivity contribution in [2.24, 2.45) is 0 Å². The van der Waals surface area contributed by atoms with Crippen LogP contribution in [-0.2, 0) is 4.79 Å². The van der Waals surface area contributed by atoms with Gasteiger partial charge >= 0.3 is 0 Å². The SMILES string of the molecule is CCN(CC)C(=O)c1cccc(NC(=O)CSc2ccc3ccccc3n2)c1. The normalized spacial score (nSPS) is 10.6. The topological polar surface area (TPSA) is 62.3 Å². The van der Waals surface area contributed by atoms with E-state index in [1.54, 1.807) is 29.2 Å². The number of hydrogen-bond donors (Lipinski definition) is 1. The molecule has 0 radical (unpaired) electrons. The molecule has 0 saturated carbocycles. The fourth-order valence-electron chi connectivity index (χ4n) is 2.89. The van der Waals surface area contributed by atoms with Crippen molar-refractivity contribution in [3.05, 3.63) is 66.2 Å². The Hall–Kier alpha value is -2.86. The van der Waals surface area contributed by atoms with Crippen molar-refractivity contribution in [3.8, 4) is 0 Å². The molecule has 3 aromatic rings. The molecule has 3 rings (SSSR count). The highest BCUT2D eigenvalue weighted by atomic mass is 32.2. The lowest BCUT2D eigenvalue weighted by molar-refractivity contribution is -0.113. The molecule has 28 heavy (non-hydrogen) atoms. The molecular formula is C22H23N3O2S. The number of benzene rings is 2. The first-order chi connectivity index (χ1) is 13.6. The lowest BCUT2D eigenvalue weighted by Gasteiger charge is -2.19. The van der Waals surface area contributed by atoms with Crippen molar-refractivity contribution < 1.29 is 9.59 Å². The number of nitrogens with zero attached hydrogens (tertiary/aromatic N) is 2. The lowest BCUT2D eigenvalue weighted by atomic mass is 10.1. The van der Waals surface area contributed by atoms with Gasteiger partial charge in [-0.1, -0.05) is 42.1 Å². The Morgan fingerprint density at radius 1 is 1.00 bits per heavy atom. The highest BCUT2D eigenvalue weighted by Crippen LogP contribution is 2.20. The molecular weight excluding hydrogens is 370 g/mol. The average Bonchev–Trinajstić information content (AvgIpc) is 2.73. The number of nitrogens with one attached hydrogen (secondary N) is 1. The summed E-state index contributed by atoms with van der Waals surface area (Å²) in [4.78, 5) is 31.1. The van der Waals surface area contributed by atoms with Crippen molar-refractivity contribution >= 4 is 40.2 Å². The van der Waals surface area contributed by atoms with Gasteiger partial charge in [0.15, 0.2) is 0 Å². The number of para-hydroxylation sites is 1. The zero-order chi connectivity index (χ0) is 19.9. The Morgan fingerprint density at radius 3 is 2.57 bits per heavy atom. The van der Waals surface area contributed by atoms with E-state index in [-0.39, 0.29) is 17.6 Å². The summed E-state index contributed by atoms with van der Waals surface area (Å²) >= 11 is 1.39.